The van der Waals surface area contributed by atoms with Gasteiger partial charge < -0.3 is 118 Å². The number of guanidine groups is 1. The van der Waals surface area contributed by atoms with Crippen LogP contribution in [0.1, 0.15) is 89.7 Å². The lowest BCUT2D eigenvalue weighted by atomic mass is 9.99. The maximum atomic E-state index is 14.6. The molecule has 2 aromatic heterocycles. The van der Waals surface area contributed by atoms with Crippen molar-refractivity contribution in [3.63, 3.8) is 0 Å². The second kappa shape index (κ2) is 42.8. The summed E-state index contributed by atoms with van der Waals surface area (Å²) < 4.78 is 0. The Balaban J connectivity index is 1.31. The fourth-order valence-corrected chi connectivity index (χ4v) is 12.5. The van der Waals surface area contributed by atoms with Crippen LogP contribution in [0.15, 0.2) is 65.9 Å². The molecule has 5 rings (SSSR count). The molecule has 1 saturated heterocycles. The van der Waals surface area contributed by atoms with E-state index < -0.39 is 200 Å². The molecule has 4 aromatic rings. The van der Waals surface area contributed by atoms with Crippen LogP contribution in [0.4, 0.5) is 0 Å². The maximum Gasteiger partial charge on any atom is 0.246 e. The lowest BCUT2D eigenvalue weighted by molar-refractivity contribution is -0.143. The van der Waals surface area contributed by atoms with E-state index in [1.54, 1.807) is 62.8 Å². The maximum absolute atomic E-state index is 14.6. The number of hydrogen-bond donors (Lipinski definition) is 21. The summed E-state index contributed by atoms with van der Waals surface area (Å²) in [5.41, 5.74) is 36.6. The van der Waals surface area contributed by atoms with E-state index in [1.165, 1.54) is 23.5 Å². The van der Waals surface area contributed by atoms with Gasteiger partial charge in [0.05, 0.1) is 31.8 Å². The number of carbonyl (C=O) groups is 14. The molecular formula is C67H100N20O17S2. The molecule has 1 aliphatic rings. The standard InChI is InChI=1S/C67H100N20O17S2/c1-33(2)53(85-60(98)46(80-56(94)39(68)20-24-105-4)27-36-30-76-41-15-9-7-13-38(36)41)64(102)82-47(28-52(70)92)66(104)87-23-11-17-50(87)63(101)78-43(16-10-22-74-67(72)73)58(96)86-54(34(3)90)65(103)79-44(18-19-51(69)91)57(95)83-49(32-89)62(100)84-48(31-88)61(99)81-45(59(97)77-42(55(71)93)21-25-106-5)26-35-29-75-40-14-8-6-12-37(35)40/h6-9,12-15,29-30,33-34,39,42-50,53-54,75-76,88-90H,10-11,16-28,31-32,68H2,1-5H3,(H2,69,91)(H2,70,92)(H2,71,93)(H,77,97)(H,78,101)(H,79,103)(H,80,94)(H,81,99)(H,82,102)(H,83,95)(H,84,100)(H,85,98)(H,86,96)(H4,72,73,74)/t34-,39+,42+,43+,44+,45+,46+,47+,48+,49+,50+,53+,54+/m1/s1. The van der Waals surface area contributed by atoms with Gasteiger partial charge in [0.2, 0.25) is 82.7 Å². The Labute approximate surface area is 619 Å². The molecule has 1 aliphatic heterocycles. The minimum atomic E-state index is -1.98. The highest BCUT2D eigenvalue weighted by Gasteiger charge is 2.42. The lowest BCUT2D eigenvalue weighted by Gasteiger charge is -2.31. The molecule has 0 spiro atoms. The smallest absolute Gasteiger partial charge is 0.246 e. The first kappa shape index (κ1) is 86.6. The highest BCUT2D eigenvalue weighted by molar-refractivity contribution is 7.98. The minimum Gasteiger partial charge on any atom is -0.394 e. The van der Waals surface area contributed by atoms with Crippen LogP contribution in [0.3, 0.4) is 0 Å². The van der Waals surface area contributed by atoms with E-state index in [1.807, 2.05) is 24.5 Å². The Hall–Kier alpha value is -10.1. The van der Waals surface area contributed by atoms with E-state index in [4.69, 9.17) is 34.4 Å². The average molecular weight is 1520 g/mol. The summed E-state index contributed by atoms with van der Waals surface area (Å²) in [6.45, 7) is 1.77. The molecule has 37 nitrogen and oxygen atoms in total. The van der Waals surface area contributed by atoms with Crippen molar-refractivity contribution in [2.24, 2.45) is 45.3 Å². The van der Waals surface area contributed by atoms with Crippen molar-refractivity contribution >= 4 is 134 Å². The molecule has 582 valence electrons. The molecule has 0 radical (unpaired) electrons. The molecule has 14 amide bonds. The third kappa shape index (κ3) is 26.2. The second-order valence-electron chi connectivity index (χ2n) is 25.8. The number of benzene rings is 2. The number of nitrogens with two attached hydrogens (primary N) is 6. The quantitative estimate of drug-likeness (QED) is 0.0111. The number of likely N-dealkylation sites (tertiary alicyclic amines) is 1. The van der Waals surface area contributed by atoms with Crippen molar-refractivity contribution < 1.29 is 82.4 Å². The van der Waals surface area contributed by atoms with Gasteiger partial charge in [-0.15, -0.1) is 0 Å². The molecule has 0 bridgehead atoms. The summed E-state index contributed by atoms with van der Waals surface area (Å²) in [4.78, 5) is 204. The first-order chi connectivity index (χ1) is 50.3. The van der Waals surface area contributed by atoms with Gasteiger partial charge in [-0.3, -0.25) is 72.1 Å². The van der Waals surface area contributed by atoms with Crippen LogP contribution in [0.5, 0.6) is 0 Å². The average Bonchev–Trinajstić information content (AvgIpc) is 1.61. The predicted octanol–water partition coefficient (Wildman–Crippen LogP) is -6.19. The molecule has 13 atom stereocenters. The zero-order chi connectivity index (χ0) is 78.5. The molecule has 0 aliphatic carbocycles. The highest BCUT2D eigenvalue weighted by Crippen LogP contribution is 2.24. The van der Waals surface area contributed by atoms with E-state index in [9.17, 15) is 82.4 Å². The van der Waals surface area contributed by atoms with Crippen molar-refractivity contribution in [1.82, 2.24) is 68.0 Å². The third-order valence-electron chi connectivity index (χ3n) is 17.4. The van der Waals surface area contributed by atoms with Gasteiger partial charge in [-0.05, 0) is 105 Å². The Morgan fingerprint density at radius 2 is 0.991 bits per heavy atom. The van der Waals surface area contributed by atoms with E-state index >= 15 is 0 Å². The number of para-hydroxylation sites is 2. The van der Waals surface area contributed by atoms with Gasteiger partial charge in [-0.1, -0.05) is 50.2 Å². The van der Waals surface area contributed by atoms with Gasteiger partial charge >= 0.3 is 0 Å². The van der Waals surface area contributed by atoms with Crippen LogP contribution in [-0.4, -0.2) is 248 Å². The lowest BCUT2D eigenvalue weighted by Crippen LogP contribution is -2.62. The van der Waals surface area contributed by atoms with Gasteiger partial charge in [0, 0.05) is 66.6 Å². The van der Waals surface area contributed by atoms with Crippen LogP contribution in [-0.2, 0) is 80.0 Å². The van der Waals surface area contributed by atoms with Crippen LogP contribution < -0.4 is 87.6 Å². The van der Waals surface area contributed by atoms with Gasteiger partial charge in [0.1, 0.15) is 66.5 Å². The molecule has 39 heteroatoms. The monoisotopic (exact) mass is 1520 g/mol. The zero-order valence-corrected chi connectivity index (χ0v) is 61.2. The van der Waals surface area contributed by atoms with E-state index in [-0.39, 0.29) is 64.0 Å². The summed E-state index contributed by atoms with van der Waals surface area (Å²) in [6, 6.07) is -4.27. The molecule has 27 N–H and O–H groups in total. The van der Waals surface area contributed by atoms with Crippen LogP contribution in [0, 0.1) is 5.92 Å². The normalized spacial score (nSPS) is 16.1. The molecule has 2 aromatic carbocycles. The number of aromatic nitrogens is 2. The number of nitrogens with zero attached hydrogens (tertiary/aromatic N) is 2. The van der Waals surface area contributed by atoms with Crippen LogP contribution in [0.2, 0.25) is 0 Å². The number of aromatic amines is 2. The highest BCUT2D eigenvalue weighted by atomic mass is 32.2. The first-order valence-corrected chi connectivity index (χ1v) is 37.1. The Morgan fingerprint density at radius 3 is 1.50 bits per heavy atom. The Morgan fingerprint density at radius 1 is 0.538 bits per heavy atom. The topological polar surface area (TPSA) is 623 Å². The number of aliphatic hydroxyl groups is 3. The largest absolute Gasteiger partial charge is 0.394 e. The molecule has 1 fully saturated rings. The van der Waals surface area contributed by atoms with Gasteiger partial charge in [0.25, 0.3) is 0 Å². The van der Waals surface area contributed by atoms with Crippen molar-refractivity contribution in [2.75, 3.05) is 50.3 Å². The van der Waals surface area contributed by atoms with Gasteiger partial charge in [-0.25, -0.2) is 0 Å². The van der Waals surface area contributed by atoms with Crippen LogP contribution in [0.25, 0.3) is 21.8 Å². The van der Waals surface area contributed by atoms with Crippen molar-refractivity contribution in [3.05, 3.63) is 72.1 Å². The number of nitrogens with one attached hydrogen (secondary N) is 12. The van der Waals surface area contributed by atoms with Crippen molar-refractivity contribution in [2.45, 2.75) is 170 Å². The number of amides is 14. The molecular weight excluding hydrogens is 1420 g/mol. The summed E-state index contributed by atoms with van der Waals surface area (Å²) in [5, 5.41) is 57.9. The van der Waals surface area contributed by atoms with Crippen molar-refractivity contribution in [1.29, 1.82) is 0 Å². The number of H-pyrrole nitrogens is 2. The third-order valence-corrected chi connectivity index (χ3v) is 18.7. The fraction of sp³-hybridized carbons (Fsp3) is 0.537. The summed E-state index contributed by atoms with van der Waals surface area (Å²) in [7, 11) is 0. The summed E-state index contributed by atoms with van der Waals surface area (Å²) in [6.07, 6.45) is 3.25. The number of aliphatic imine (C=N–C) groups is 1. The summed E-state index contributed by atoms with van der Waals surface area (Å²) in [5.74, 6) is -14.1. The Bertz CT molecular complexity index is 3780. The Kier molecular flexibility index (Phi) is 34.9. The van der Waals surface area contributed by atoms with E-state index in [0.29, 0.717) is 40.0 Å². The number of primary amides is 3. The number of aliphatic hydroxyl groups excluding tert-OH is 3. The van der Waals surface area contributed by atoms with Crippen LogP contribution >= 0.6 is 23.5 Å². The minimum absolute atomic E-state index is 0.0170. The van der Waals surface area contributed by atoms with E-state index in [2.05, 4.69) is 68.1 Å². The van der Waals surface area contributed by atoms with Gasteiger partial charge in [0.15, 0.2) is 5.96 Å². The van der Waals surface area contributed by atoms with Crippen molar-refractivity contribution in [3.8, 4) is 0 Å². The fourth-order valence-electron chi connectivity index (χ4n) is 11.6. The first-order valence-electron chi connectivity index (χ1n) is 34.3. The molecule has 0 saturated carbocycles. The second-order valence-corrected chi connectivity index (χ2v) is 27.8. The molecule has 0 unspecified atom stereocenters. The zero-order valence-electron chi connectivity index (χ0n) is 59.6. The number of rotatable bonds is 45. The molecule has 3 heterocycles. The number of carbonyl (C=O) groups excluding carboxylic acids is 14. The number of thioether (sulfide) groups is 2. The summed E-state index contributed by atoms with van der Waals surface area (Å²) >= 11 is 2.86. The van der Waals surface area contributed by atoms with E-state index in [0.717, 1.165) is 22.7 Å². The SMILES string of the molecule is CSCC[C@H](NC(=O)[C@H](Cc1c[nH]c2ccccc12)NC(=O)[C@H](CO)NC(=O)[C@H](CO)NC(=O)[C@H](CCC(N)=O)NC(=O)[C@@H](NC(=O)[C@H](CCCN=C(N)N)NC(=O)[C@@H]1CCCN1C(=O)[C@H](CC(N)=O)NC(=O)[C@@H](NC(=O)[C@H](Cc1c[nH]c2ccccc12)NC(=O)[C@@H](N)CCSC)C(C)C)[C@@H](C)O)C(N)=O. The number of hydrogen-bond acceptors (Lipinski definition) is 21. The molecule has 106 heavy (non-hydrogen) atoms. The van der Waals surface area contributed by atoms with Gasteiger partial charge in [-0.2, -0.15) is 23.5 Å². The predicted molar refractivity (Wildman–Crippen MR) is 394 cm³/mol. The number of fused-ring (bicyclic) bond motifs is 2.